The van der Waals surface area contributed by atoms with E-state index >= 15 is 0 Å². The van der Waals surface area contributed by atoms with Crippen molar-refractivity contribution in [3.05, 3.63) is 29.8 Å². The van der Waals surface area contributed by atoms with Gasteiger partial charge in [-0.15, -0.1) is 24.8 Å². The molecule has 0 radical (unpaired) electrons. The van der Waals surface area contributed by atoms with Crippen molar-refractivity contribution in [3.63, 3.8) is 0 Å². The molecule has 1 heterocycles. The number of methoxy groups -OCH3 is 1. The first-order valence-corrected chi connectivity index (χ1v) is 8.72. The third-order valence-electron chi connectivity index (χ3n) is 4.18. The zero-order valence-electron chi connectivity index (χ0n) is 15.7. The lowest BCUT2D eigenvalue weighted by molar-refractivity contribution is -0.123. The van der Waals surface area contributed by atoms with Gasteiger partial charge in [-0.2, -0.15) is 0 Å². The summed E-state index contributed by atoms with van der Waals surface area (Å²) >= 11 is 0. The molecule has 1 fully saturated rings. The summed E-state index contributed by atoms with van der Waals surface area (Å²) in [6.45, 7) is 5.83. The van der Waals surface area contributed by atoms with Gasteiger partial charge in [0.25, 0.3) is 0 Å². The summed E-state index contributed by atoms with van der Waals surface area (Å²) in [6.07, 6.45) is 0.0257. The van der Waals surface area contributed by atoms with E-state index in [1.54, 1.807) is 7.11 Å². The van der Waals surface area contributed by atoms with Crippen molar-refractivity contribution in [2.45, 2.75) is 19.1 Å². The van der Waals surface area contributed by atoms with Gasteiger partial charge in [0.2, 0.25) is 5.91 Å². The van der Waals surface area contributed by atoms with Gasteiger partial charge in [0.1, 0.15) is 12.4 Å². The third kappa shape index (κ3) is 10.1. The first-order chi connectivity index (χ1) is 12.2. The molecule has 7 nitrogen and oxygen atoms in total. The van der Waals surface area contributed by atoms with Crippen LogP contribution in [0.25, 0.3) is 0 Å². The fourth-order valence-corrected chi connectivity index (χ4v) is 2.61. The minimum absolute atomic E-state index is 0. The minimum Gasteiger partial charge on any atom is -0.492 e. The number of rotatable bonds is 10. The molecule has 0 saturated carbocycles. The summed E-state index contributed by atoms with van der Waals surface area (Å²) in [6, 6.07) is 7.78. The Labute approximate surface area is 173 Å². The van der Waals surface area contributed by atoms with Gasteiger partial charge in [-0.05, 0) is 17.7 Å². The number of amides is 1. The predicted octanol–water partition coefficient (Wildman–Crippen LogP) is 1.22. The van der Waals surface area contributed by atoms with Gasteiger partial charge in [0, 0.05) is 39.8 Å². The van der Waals surface area contributed by atoms with E-state index in [4.69, 9.17) is 19.9 Å². The standard InChI is InChI=1S/C18H29N3O4.2ClH/c1-23-17(13-19)12-18(22)20-14-15-3-2-4-16(11-15)25-10-7-21-5-8-24-9-6-21;;/h2-4,11,17H,5-10,12-14,19H2,1H3,(H,20,22);2*1H. The normalized spacial score (nSPS) is 15.2. The van der Waals surface area contributed by atoms with Crippen LogP contribution in [-0.2, 0) is 20.8 Å². The number of nitrogens with two attached hydrogens (primary N) is 1. The summed E-state index contributed by atoms with van der Waals surface area (Å²) in [5, 5.41) is 2.88. The van der Waals surface area contributed by atoms with Crippen LogP contribution in [0, 0.1) is 0 Å². The van der Waals surface area contributed by atoms with E-state index in [0.29, 0.717) is 19.7 Å². The van der Waals surface area contributed by atoms with Crippen molar-refractivity contribution in [3.8, 4) is 5.75 Å². The third-order valence-corrected chi connectivity index (χ3v) is 4.18. The molecule has 1 amide bonds. The van der Waals surface area contributed by atoms with E-state index in [1.165, 1.54) is 0 Å². The molecule has 27 heavy (non-hydrogen) atoms. The first-order valence-electron chi connectivity index (χ1n) is 8.72. The van der Waals surface area contributed by atoms with E-state index in [0.717, 1.165) is 44.2 Å². The Morgan fingerprint density at radius 2 is 2.07 bits per heavy atom. The topological polar surface area (TPSA) is 86.0 Å². The van der Waals surface area contributed by atoms with Gasteiger partial charge in [-0.3, -0.25) is 9.69 Å². The molecule has 0 bridgehead atoms. The Hall–Kier alpha value is -1.09. The average Bonchev–Trinajstić information content (AvgIpc) is 2.65. The molecule has 1 aliphatic heterocycles. The number of nitrogens with zero attached hydrogens (tertiary/aromatic N) is 1. The van der Waals surface area contributed by atoms with Crippen LogP contribution in [0.2, 0.25) is 0 Å². The minimum atomic E-state index is -0.241. The Bertz CT molecular complexity index is 527. The van der Waals surface area contributed by atoms with Gasteiger partial charge in [-0.25, -0.2) is 0 Å². The van der Waals surface area contributed by atoms with E-state index < -0.39 is 0 Å². The van der Waals surface area contributed by atoms with Crippen LogP contribution < -0.4 is 15.8 Å². The number of hydrogen-bond donors (Lipinski definition) is 2. The summed E-state index contributed by atoms with van der Waals surface area (Å²) in [5.41, 5.74) is 6.53. The fourth-order valence-electron chi connectivity index (χ4n) is 2.61. The fraction of sp³-hybridized carbons (Fsp3) is 0.611. The van der Waals surface area contributed by atoms with Crippen LogP contribution in [0.1, 0.15) is 12.0 Å². The molecule has 0 aromatic heterocycles. The lowest BCUT2D eigenvalue weighted by Gasteiger charge is -2.26. The highest BCUT2D eigenvalue weighted by molar-refractivity contribution is 5.85. The quantitative estimate of drug-likeness (QED) is 0.588. The molecule has 0 spiro atoms. The van der Waals surface area contributed by atoms with E-state index in [2.05, 4.69) is 10.2 Å². The zero-order chi connectivity index (χ0) is 17.9. The Balaban J connectivity index is 0.00000338. The summed E-state index contributed by atoms with van der Waals surface area (Å²) in [4.78, 5) is 14.2. The number of morpholine rings is 1. The second-order valence-electron chi connectivity index (χ2n) is 6.02. The molecular weight excluding hydrogens is 393 g/mol. The maximum Gasteiger partial charge on any atom is 0.222 e. The molecule has 1 unspecified atom stereocenters. The molecular formula is C18H31Cl2N3O4. The van der Waals surface area contributed by atoms with Crippen molar-refractivity contribution in [1.29, 1.82) is 0 Å². The SMILES string of the molecule is COC(CN)CC(=O)NCc1cccc(OCCN2CCOCC2)c1.Cl.Cl. The number of nitrogens with one attached hydrogen (secondary N) is 1. The molecule has 1 aliphatic rings. The molecule has 1 atom stereocenters. The molecule has 2 rings (SSSR count). The molecule has 0 aliphatic carbocycles. The lowest BCUT2D eigenvalue weighted by Crippen LogP contribution is -2.38. The van der Waals surface area contributed by atoms with Crippen LogP contribution in [0.3, 0.4) is 0 Å². The van der Waals surface area contributed by atoms with Gasteiger partial charge in [0.05, 0.1) is 25.7 Å². The zero-order valence-corrected chi connectivity index (χ0v) is 17.4. The Kier molecular flexibility index (Phi) is 14.3. The molecule has 1 saturated heterocycles. The largest absolute Gasteiger partial charge is 0.492 e. The summed E-state index contributed by atoms with van der Waals surface area (Å²) in [7, 11) is 1.56. The summed E-state index contributed by atoms with van der Waals surface area (Å²) < 4.78 is 16.3. The van der Waals surface area contributed by atoms with Gasteiger partial charge < -0.3 is 25.3 Å². The van der Waals surface area contributed by atoms with Crippen LogP contribution >= 0.6 is 24.8 Å². The number of benzene rings is 1. The predicted molar refractivity (Wildman–Crippen MR) is 110 cm³/mol. The smallest absolute Gasteiger partial charge is 0.222 e. The summed E-state index contributed by atoms with van der Waals surface area (Å²) in [5.74, 6) is 0.743. The van der Waals surface area contributed by atoms with Gasteiger partial charge >= 0.3 is 0 Å². The van der Waals surface area contributed by atoms with Crippen LogP contribution in [0.5, 0.6) is 5.75 Å². The number of halogens is 2. The van der Waals surface area contributed by atoms with E-state index in [-0.39, 0.29) is 43.2 Å². The second kappa shape index (κ2) is 14.9. The lowest BCUT2D eigenvalue weighted by atomic mass is 10.2. The molecule has 1 aromatic carbocycles. The Morgan fingerprint density at radius 3 is 2.74 bits per heavy atom. The van der Waals surface area contributed by atoms with Crippen molar-refractivity contribution in [2.24, 2.45) is 5.73 Å². The number of carbonyl (C=O) groups excluding carboxylic acids is 1. The number of hydrogen-bond acceptors (Lipinski definition) is 6. The van der Waals surface area contributed by atoms with Crippen molar-refractivity contribution in [1.82, 2.24) is 10.2 Å². The maximum atomic E-state index is 11.9. The van der Waals surface area contributed by atoms with E-state index in [1.807, 2.05) is 24.3 Å². The van der Waals surface area contributed by atoms with Crippen molar-refractivity contribution < 1.29 is 19.0 Å². The van der Waals surface area contributed by atoms with E-state index in [9.17, 15) is 4.79 Å². The van der Waals surface area contributed by atoms with Crippen LogP contribution in [0.15, 0.2) is 24.3 Å². The van der Waals surface area contributed by atoms with Crippen molar-refractivity contribution >= 4 is 30.7 Å². The van der Waals surface area contributed by atoms with Gasteiger partial charge in [-0.1, -0.05) is 12.1 Å². The number of carbonyl (C=O) groups is 1. The van der Waals surface area contributed by atoms with Crippen LogP contribution in [-0.4, -0.2) is 70.0 Å². The molecule has 9 heteroatoms. The maximum absolute atomic E-state index is 11.9. The average molecular weight is 424 g/mol. The van der Waals surface area contributed by atoms with Crippen molar-refractivity contribution in [2.75, 3.05) is 53.1 Å². The molecule has 156 valence electrons. The highest BCUT2D eigenvalue weighted by Gasteiger charge is 2.11. The Morgan fingerprint density at radius 1 is 1.33 bits per heavy atom. The van der Waals surface area contributed by atoms with Gasteiger partial charge in [0.15, 0.2) is 0 Å². The monoisotopic (exact) mass is 423 g/mol. The molecule has 3 N–H and O–H groups in total. The highest BCUT2D eigenvalue weighted by atomic mass is 35.5. The van der Waals surface area contributed by atoms with Crippen LogP contribution in [0.4, 0.5) is 0 Å². The number of ether oxygens (including phenoxy) is 3. The first kappa shape index (κ1) is 25.9. The highest BCUT2D eigenvalue weighted by Crippen LogP contribution is 2.13. The molecule has 1 aromatic rings. The second-order valence-corrected chi connectivity index (χ2v) is 6.02.